The molecule has 0 radical (unpaired) electrons. The second-order valence-electron chi connectivity index (χ2n) is 4.87. The number of carbonyl (C=O) groups is 1. The van der Waals surface area contributed by atoms with Gasteiger partial charge in [-0.3, -0.25) is 4.79 Å². The van der Waals surface area contributed by atoms with Crippen LogP contribution in [0.15, 0.2) is 24.3 Å². The van der Waals surface area contributed by atoms with Gasteiger partial charge >= 0.3 is 0 Å². The molecule has 6 heteroatoms. The van der Waals surface area contributed by atoms with E-state index in [4.69, 9.17) is 11.6 Å². The Kier molecular flexibility index (Phi) is 3.38. The molecule has 1 amide bonds. The lowest BCUT2D eigenvalue weighted by atomic mass is 10.0. The molecule has 1 fully saturated rings. The zero-order valence-electron chi connectivity index (χ0n) is 9.94. The lowest BCUT2D eigenvalue weighted by molar-refractivity contribution is 0.0915. The quantitative estimate of drug-likeness (QED) is 0.899. The highest BCUT2D eigenvalue weighted by molar-refractivity contribution is 7.91. The number of amides is 1. The summed E-state index contributed by atoms with van der Waals surface area (Å²) in [7, 11) is -3.03. The molecule has 1 N–H and O–H groups in total. The van der Waals surface area contributed by atoms with E-state index < -0.39 is 15.4 Å². The first kappa shape index (κ1) is 13.4. The maximum Gasteiger partial charge on any atom is 0.251 e. The fraction of sp³-hybridized carbons (Fsp3) is 0.417. The number of halogens is 1. The van der Waals surface area contributed by atoms with Crippen LogP contribution in [0, 0.1) is 0 Å². The van der Waals surface area contributed by atoms with Crippen molar-refractivity contribution in [2.45, 2.75) is 18.9 Å². The largest absolute Gasteiger partial charge is 0.346 e. The normalized spacial score (nSPS) is 25.9. The van der Waals surface area contributed by atoms with Gasteiger partial charge in [0.05, 0.1) is 17.0 Å². The predicted molar refractivity (Wildman–Crippen MR) is 70.6 cm³/mol. The lowest BCUT2D eigenvalue weighted by Gasteiger charge is -2.23. The molecule has 1 aromatic carbocycles. The van der Waals surface area contributed by atoms with E-state index in [-0.39, 0.29) is 17.4 Å². The standard InChI is InChI=1S/C12H14ClNO3S/c1-12(5-6-18(16,17)8-12)14-11(15)9-3-2-4-10(13)7-9/h2-4,7H,5-6,8H2,1H3,(H,14,15). The van der Waals surface area contributed by atoms with E-state index >= 15 is 0 Å². The number of nitrogens with one attached hydrogen (secondary N) is 1. The van der Waals surface area contributed by atoms with Gasteiger partial charge in [0.1, 0.15) is 0 Å². The van der Waals surface area contributed by atoms with Crippen LogP contribution in [0.5, 0.6) is 0 Å². The Morgan fingerprint density at radius 1 is 1.44 bits per heavy atom. The third kappa shape index (κ3) is 3.03. The van der Waals surface area contributed by atoms with Crippen LogP contribution in [-0.4, -0.2) is 31.4 Å². The fourth-order valence-electron chi connectivity index (χ4n) is 2.09. The summed E-state index contributed by atoms with van der Waals surface area (Å²) in [6.45, 7) is 1.75. The smallest absolute Gasteiger partial charge is 0.251 e. The molecule has 1 unspecified atom stereocenters. The van der Waals surface area contributed by atoms with Crippen molar-refractivity contribution in [2.75, 3.05) is 11.5 Å². The zero-order chi connectivity index (χ0) is 13.4. The highest BCUT2D eigenvalue weighted by atomic mass is 35.5. The molecule has 0 bridgehead atoms. The second-order valence-corrected chi connectivity index (χ2v) is 7.49. The van der Waals surface area contributed by atoms with Gasteiger partial charge in [-0.1, -0.05) is 17.7 Å². The molecule has 0 spiro atoms. The van der Waals surface area contributed by atoms with Crippen molar-refractivity contribution in [3.63, 3.8) is 0 Å². The number of rotatable bonds is 2. The maximum absolute atomic E-state index is 12.0. The Labute approximate surface area is 111 Å². The highest BCUT2D eigenvalue weighted by Gasteiger charge is 2.39. The Balaban J connectivity index is 2.13. The molecule has 1 aliphatic heterocycles. The van der Waals surface area contributed by atoms with Crippen LogP contribution in [-0.2, 0) is 9.84 Å². The molecule has 0 aromatic heterocycles. The SMILES string of the molecule is CC1(NC(=O)c2cccc(Cl)c2)CCS(=O)(=O)C1. The third-order valence-corrected chi connectivity index (χ3v) is 5.14. The molecular weight excluding hydrogens is 274 g/mol. The molecule has 1 heterocycles. The van der Waals surface area contributed by atoms with Gasteiger partial charge in [0.15, 0.2) is 9.84 Å². The molecule has 0 aliphatic carbocycles. The summed E-state index contributed by atoms with van der Waals surface area (Å²) in [4.78, 5) is 12.0. The van der Waals surface area contributed by atoms with E-state index in [1.54, 1.807) is 31.2 Å². The summed E-state index contributed by atoms with van der Waals surface area (Å²) in [5.41, 5.74) is -0.244. The van der Waals surface area contributed by atoms with Gasteiger partial charge in [-0.2, -0.15) is 0 Å². The van der Waals surface area contributed by atoms with Gasteiger partial charge in [-0.25, -0.2) is 8.42 Å². The van der Waals surface area contributed by atoms with E-state index in [1.165, 1.54) is 0 Å². The second kappa shape index (κ2) is 4.55. The van der Waals surface area contributed by atoms with Crippen molar-refractivity contribution in [3.8, 4) is 0 Å². The van der Waals surface area contributed by atoms with E-state index in [0.29, 0.717) is 17.0 Å². The minimum absolute atomic E-state index is 0.00763. The zero-order valence-corrected chi connectivity index (χ0v) is 11.5. The molecule has 18 heavy (non-hydrogen) atoms. The van der Waals surface area contributed by atoms with Gasteiger partial charge in [0.2, 0.25) is 0 Å². The number of hydrogen-bond acceptors (Lipinski definition) is 3. The molecule has 2 rings (SSSR count). The lowest BCUT2D eigenvalue weighted by Crippen LogP contribution is -2.46. The molecule has 1 aliphatic rings. The first-order valence-corrected chi connectivity index (χ1v) is 7.78. The monoisotopic (exact) mass is 287 g/mol. The van der Waals surface area contributed by atoms with E-state index in [1.807, 2.05) is 0 Å². The fourth-order valence-corrected chi connectivity index (χ4v) is 4.37. The number of sulfone groups is 1. The summed E-state index contributed by atoms with van der Waals surface area (Å²) < 4.78 is 22.9. The van der Waals surface area contributed by atoms with Crippen LogP contribution in [0.3, 0.4) is 0 Å². The van der Waals surface area contributed by atoms with Crippen LogP contribution < -0.4 is 5.32 Å². The van der Waals surface area contributed by atoms with Crippen molar-refractivity contribution >= 4 is 27.3 Å². The Bertz CT molecular complexity index is 585. The first-order valence-electron chi connectivity index (χ1n) is 5.58. The Morgan fingerprint density at radius 3 is 2.72 bits per heavy atom. The van der Waals surface area contributed by atoms with E-state index in [2.05, 4.69) is 5.32 Å². The van der Waals surface area contributed by atoms with Gasteiger partial charge in [-0.15, -0.1) is 0 Å². The molecule has 1 saturated heterocycles. The van der Waals surface area contributed by atoms with E-state index in [9.17, 15) is 13.2 Å². The van der Waals surface area contributed by atoms with Gasteiger partial charge < -0.3 is 5.32 Å². The van der Waals surface area contributed by atoms with Crippen LogP contribution in [0.1, 0.15) is 23.7 Å². The van der Waals surface area contributed by atoms with Crippen molar-refractivity contribution in [1.29, 1.82) is 0 Å². The highest BCUT2D eigenvalue weighted by Crippen LogP contribution is 2.23. The molecular formula is C12H14ClNO3S. The minimum Gasteiger partial charge on any atom is -0.346 e. The van der Waals surface area contributed by atoms with Gasteiger partial charge in [0.25, 0.3) is 5.91 Å². The molecule has 1 atom stereocenters. The Morgan fingerprint density at radius 2 is 2.17 bits per heavy atom. The van der Waals surface area contributed by atoms with Crippen LogP contribution in [0.4, 0.5) is 0 Å². The van der Waals surface area contributed by atoms with Gasteiger partial charge in [0, 0.05) is 10.6 Å². The summed E-state index contributed by atoms with van der Waals surface area (Å²) >= 11 is 5.81. The van der Waals surface area contributed by atoms with Crippen LogP contribution >= 0.6 is 11.6 Å². The maximum atomic E-state index is 12.0. The molecule has 98 valence electrons. The average Bonchev–Trinajstić information content (AvgIpc) is 2.52. The summed E-state index contributed by atoms with van der Waals surface area (Å²) in [6.07, 6.45) is 0.446. The molecule has 4 nitrogen and oxygen atoms in total. The minimum atomic E-state index is -3.03. The van der Waals surface area contributed by atoms with Crippen molar-refractivity contribution in [3.05, 3.63) is 34.9 Å². The van der Waals surface area contributed by atoms with Gasteiger partial charge in [-0.05, 0) is 31.5 Å². The summed E-state index contributed by atoms with van der Waals surface area (Å²) in [5.74, 6) is -0.178. The number of hydrogen-bond donors (Lipinski definition) is 1. The average molecular weight is 288 g/mol. The third-order valence-electron chi connectivity index (χ3n) is 3.01. The van der Waals surface area contributed by atoms with Crippen LogP contribution in [0.2, 0.25) is 5.02 Å². The number of carbonyl (C=O) groups excluding carboxylic acids is 1. The number of benzene rings is 1. The van der Waals surface area contributed by atoms with Crippen molar-refractivity contribution in [2.24, 2.45) is 0 Å². The Hall–Kier alpha value is -1.07. The summed E-state index contributed by atoms with van der Waals surface area (Å²) in [6, 6.07) is 6.57. The topological polar surface area (TPSA) is 63.2 Å². The molecule has 0 saturated carbocycles. The van der Waals surface area contributed by atoms with Crippen molar-refractivity contribution < 1.29 is 13.2 Å². The van der Waals surface area contributed by atoms with Crippen molar-refractivity contribution in [1.82, 2.24) is 5.32 Å². The van der Waals surface area contributed by atoms with Crippen LogP contribution in [0.25, 0.3) is 0 Å². The predicted octanol–water partition coefficient (Wildman–Crippen LogP) is 1.65. The first-order chi connectivity index (χ1) is 8.30. The van der Waals surface area contributed by atoms with E-state index in [0.717, 1.165) is 0 Å². The molecule has 1 aromatic rings. The summed E-state index contributed by atoms with van der Waals surface area (Å²) in [5, 5.41) is 3.26.